The van der Waals surface area contributed by atoms with Crippen LogP contribution >= 0.6 is 22.9 Å². The summed E-state index contributed by atoms with van der Waals surface area (Å²) < 4.78 is 33.1. The van der Waals surface area contributed by atoms with Crippen molar-refractivity contribution in [2.45, 2.75) is 30.4 Å². The fourth-order valence-electron chi connectivity index (χ4n) is 2.60. The maximum Gasteiger partial charge on any atom is 0.243 e. The molecule has 0 bridgehead atoms. The maximum absolute atomic E-state index is 13.0. The summed E-state index contributed by atoms with van der Waals surface area (Å²) in [6.07, 6.45) is 1.85. The number of hydrogen-bond acceptors (Lipinski definition) is 4. The Balaban J connectivity index is 1.87. The predicted molar refractivity (Wildman–Crippen MR) is 92.3 cm³/mol. The molecule has 2 aromatic rings. The number of benzene rings is 1. The average Bonchev–Trinajstić information content (AvgIpc) is 3.20. The number of nitrogens with zero attached hydrogens (tertiary/aromatic N) is 1. The van der Waals surface area contributed by atoms with Gasteiger partial charge in [-0.05, 0) is 48.6 Å². The van der Waals surface area contributed by atoms with Gasteiger partial charge in [-0.15, -0.1) is 11.3 Å². The molecule has 1 atom stereocenters. The van der Waals surface area contributed by atoms with Gasteiger partial charge in [0.1, 0.15) is 0 Å². The normalized spacial score (nSPS) is 18.6. The SMILES string of the molecule is O=S(=O)(c1ccc(Cl)cc1)N(Cc1cccs1)CC1CCCO1. The highest BCUT2D eigenvalue weighted by Crippen LogP contribution is 2.24. The first kappa shape index (κ1) is 16.9. The summed E-state index contributed by atoms with van der Waals surface area (Å²) in [5.41, 5.74) is 0. The highest BCUT2D eigenvalue weighted by molar-refractivity contribution is 7.89. The summed E-state index contributed by atoms with van der Waals surface area (Å²) in [6, 6.07) is 10.2. The minimum Gasteiger partial charge on any atom is -0.377 e. The molecule has 4 nitrogen and oxygen atoms in total. The van der Waals surface area contributed by atoms with Crippen molar-refractivity contribution in [3.05, 3.63) is 51.7 Å². The Hall–Kier alpha value is -0.920. The van der Waals surface area contributed by atoms with Gasteiger partial charge in [-0.25, -0.2) is 8.42 Å². The molecular weight excluding hydrogens is 354 g/mol. The van der Waals surface area contributed by atoms with E-state index in [4.69, 9.17) is 16.3 Å². The van der Waals surface area contributed by atoms with Crippen molar-refractivity contribution in [3.8, 4) is 0 Å². The number of rotatable bonds is 6. The van der Waals surface area contributed by atoms with Gasteiger partial charge in [0.05, 0.1) is 11.0 Å². The maximum atomic E-state index is 13.0. The Labute approximate surface area is 145 Å². The zero-order valence-corrected chi connectivity index (χ0v) is 14.9. The minimum atomic E-state index is -3.58. The summed E-state index contributed by atoms with van der Waals surface area (Å²) in [5, 5.41) is 2.47. The van der Waals surface area contributed by atoms with Gasteiger partial charge in [-0.2, -0.15) is 4.31 Å². The van der Waals surface area contributed by atoms with Crippen molar-refractivity contribution < 1.29 is 13.2 Å². The minimum absolute atomic E-state index is 0.0305. The molecule has 1 aromatic heterocycles. The predicted octanol–water partition coefficient (Wildman–Crippen LogP) is 3.77. The van der Waals surface area contributed by atoms with Crippen LogP contribution in [0, 0.1) is 0 Å². The molecule has 1 saturated heterocycles. The Bertz CT molecular complexity index is 723. The van der Waals surface area contributed by atoms with Crippen LogP contribution in [0.5, 0.6) is 0 Å². The van der Waals surface area contributed by atoms with Crippen molar-refractivity contribution in [1.82, 2.24) is 4.31 Å². The zero-order chi connectivity index (χ0) is 16.3. The topological polar surface area (TPSA) is 46.6 Å². The molecule has 0 radical (unpaired) electrons. The second-order valence-corrected chi connectivity index (χ2v) is 8.87. The first-order valence-corrected chi connectivity index (χ1v) is 10.2. The van der Waals surface area contributed by atoms with Crippen LogP contribution in [0.1, 0.15) is 17.7 Å². The molecule has 3 rings (SSSR count). The van der Waals surface area contributed by atoms with Crippen LogP contribution in [0.4, 0.5) is 0 Å². The molecule has 1 aliphatic rings. The third kappa shape index (κ3) is 4.14. The van der Waals surface area contributed by atoms with E-state index in [9.17, 15) is 8.42 Å². The molecule has 1 unspecified atom stereocenters. The molecule has 0 N–H and O–H groups in total. The highest BCUT2D eigenvalue weighted by Gasteiger charge is 2.29. The number of sulfonamides is 1. The van der Waals surface area contributed by atoms with Crippen molar-refractivity contribution in [2.75, 3.05) is 13.2 Å². The number of hydrogen-bond donors (Lipinski definition) is 0. The van der Waals surface area contributed by atoms with Crippen LogP contribution in [0.2, 0.25) is 5.02 Å². The van der Waals surface area contributed by atoms with Gasteiger partial charge in [-0.3, -0.25) is 0 Å². The monoisotopic (exact) mass is 371 g/mol. The van der Waals surface area contributed by atoms with Gasteiger partial charge in [-0.1, -0.05) is 17.7 Å². The average molecular weight is 372 g/mol. The van der Waals surface area contributed by atoms with Crippen molar-refractivity contribution in [1.29, 1.82) is 0 Å². The van der Waals surface area contributed by atoms with Gasteiger partial charge in [0, 0.05) is 29.6 Å². The molecular formula is C16H18ClNO3S2. The van der Waals surface area contributed by atoms with Gasteiger partial charge in [0.2, 0.25) is 10.0 Å². The first-order chi connectivity index (χ1) is 11.1. The van der Waals surface area contributed by atoms with Gasteiger partial charge in [0.25, 0.3) is 0 Å². The summed E-state index contributed by atoms with van der Waals surface area (Å²) >= 11 is 7.42. The van der Waals surface area contributed by atoms with Crippen LogP contribution in [-0.4, -0.2) is 32.0 Å². The third-order valence-corrected chi connectivity index (χ3v) is 6.73. The Kier molecular flexibility index (Phi) is 5.38. The lowest BCUT2D eigenvalue weighted by Crippen LogP contribution is -2.36. The van der Waals surface area contributed by atoms with Crippen molar-refractivity contribution >= 4 is 33.0 Å². The molecule has 23 heavy (non-hydrogen) atoms. The van der Waals surface area contributed by atoms with E-state index in [-0.39, 0.29) is 11.0 Å². The fraction of sp³-hybridized carbons (Fsp3) is 0.375. The third-order valence-electron chi connectivity index (χ3n) is 3.79. The summed E-state index contributed by atoms with van der Waals surface area (Å²) in [4.78, 5) is 1.27. The van der Waals surface area contributed by atoms with E-state index in [0.717, 1.165) is 17.7 Å². The molecule has 0 spiro atoms. The second kappa shape index (κ2) is 7.32. The van der Waals surface area contributed by atoms with E-state index in [1.54, 1.807) is 35.6 Å². The molecule has 0 amide bonds. The lowest BCUT2D eigenvalue weighted by atomic mass is 10.2. The van der Waals surface area contributed by atoms with Crippen LogP contribution in [0.3, 0.4) is 0 Å². The first-order valence-electron chi connectivity index (χ1n) is 7.45. The molecule has 0 aliphatic carbocycles. The van der Waals surface area contributed by atoms with Crippen LogP contribution in [-0.2, 0) is 21.3 Å². The molecule has 1 aliphatic heterocycles. The zero-order valence-electron chi connectivity index (χ0n) is 12.5. The van der Waals surface area contributed by atoms with Crippen LogP contribution in [0.15, 0.2) is 46.7 Å². The molecule has 1 aromatic carbocycles. The van der Waals surface area contributed by atoms with Gasteiger partial charge < -0.3 is 4.74 Å². The van der Waals surface area contributed by atoms with E-state index >= 15 is 0 Å². The molecule has 0 saturated carbocycles. The lowest BCUT2D eigenvalue weighted by Gasteiger charge is -2.24. The standard InChI is InChI=1S/C16H18ClNO3S2/c17-13-5-7-16(8-6-13)23(19,20)18(11-14-3-1-9-21-14)12-15-4-2-10-22-15/h2,4-8,10,14H,1,3,9,11-12H2. The second-order valence-electron chi connectivity index (χ2n) is 5.47. The smallest absolute Gasteiger partial charge is 0.243 e. The Morgan fingerprint density at radius 3 is 2.65 bits per heavy atom. The Morgan fingerprint density at radius 2 is 2.04 bits per heavy atom. The molecule has 124 valence electrons. The van der Waals surface area contributed by atoms with Crippen LogP contribution < -0.4 is 0 Å². The largest absolute Gasteiger partial charge is 0.377 e. The number of halogens is 1. The van der Waals surface area contributed by atoms with E-state index in [2.05, 4.69) is 0 Å². The summed E-state index contributed by atoms with van der Waals surface area (Å²) in [7, 11) is -3.58. The van der Waals surface area contributed by atoms with Gasteiger partial charge in [0.15, 0.2) is 0 Å². The molecule has 7 heteroatoms. The molecule has 2 heterocycles. The van der Waals surface area contributed by atoms with Gasteiger partial charge >= 0.3 is 0 Å². The molecule has 1 fully saturated rings. The number of thiophene rings is 1. The van der Waals surface area contributed by atoms with E-state index in [0.29, 0.717) is 24.7 Å². The van der Waals surface area contributed by atoms with Crippen LogP contribution in [0.25, 0.3) is 0 Å². The van der Waals surface area contributed by atoms with E-state index < -0.39 is 10.0 Å². The lowest BCUT2D eigenvalue weighted by molar-refractivity contribution is 0.0927. The summed E-state index contributed by atoms with van der Waals surface area (Å²) in [6.45, 7) is 1.45. The number of ether oxygens (including phenoxy) is 1. The van der Waals surface area contributed by atoms with E-state index in [1.807, 2.05) is 17.5 Å². The fourth-order valence-corrected chi connectivity index (χ4v) is 4.97. The van der Waals surface area contributed by atoms with Crippen molar-refractivity contribution in [2.24, 2.45) is 0 Å². The highest BCUT2D eigenvalue weighted by atomic mass is 35.5. The Morgan fingerprint density at radius 1 is 1.26 bits per heavy atom. The summed E-state index contributed by atoms with van der Waals surface area (Å²) in [5.74, 6) is 0. The van der Waals surface area contributed by atoms with Crippen molar-refractivity contribution in [3.63, 3.8) is 0 Å². The quantitative estimate of drug-likeness (QED) is 0.776. The van der Waals surface area contributed by atoms with E-state index in [1.165, 1.54) is 4.31 Å².